The number of carbonyl (C=O) groups is 1. The topological polar surface area (TPSA) is 194 Å². The molecule has 5 heterocycles. The smallest absolute Gasteiger partial charge is 0.268 e. The van der Waals surface area contributed by atoms with Crippen molar-refractivity contribution < 1.29 is 32.2 Å². The Kier molecular flexibility index (Phi) is 14.6. The van der Waals surface area contributed by atoms with Crippen molar-refractivity contribution in [1.82, 2.24) is 34.3 Å². The third-order valence-electron chi connectivity index (χ3n) is 17.3. The van der Waals surface area contributed by atoms with E-state index in [9.17, 15) is 23.5 Å². The number of carbonyl (C=O) groups excluding carboxylic acids is 1. The lowest BCUT2D eigenvalue weighted by Gasteiger charge is -2.58. The molecule has 3 saturated carbocycles. The molecule has 6 aliphatic rings. The fourth-order valence-electron chi connectivity index (χ4n) is 12.6. The molecule has 17 nitrogen and oxygen atoms in total. The van der Waals surface area contributed by atoms with E-state index in [2.05, 4.69) is 89.9 Å². The Hall–Kier alpha value is -6.12. The van der Waals surface area contributed by atoms with Crippen LogP contribution in [0, 0.1) is 16.5 Å². The summed E-state index contributed by atoms with van der Waals surface area (Å²) < 4.78 is 59.4. The van der Waals surface area contributed by atoms with E-state index in [-0.39, 0.29) is 68.7 Å². The van der Waals surface area contributed by atoms with Gasteiger partial charge < -0.3 is 35.1 Å². The number of hydrogen-bond donors (Lipinski definition) is 3. The van der Waals surface area contributed by atoms with Gasteiger partial charge in [-0.15, -0.1) is 0 Å². The molecule has 5 aromatic rings. The summed E-state index contributed by atoms with van der Waals surface area (Å²) in [6.07, 6.45) is 16.7. The van der Waals surface area contributed by atoms with E-state index < -0.39 is 27.4 Å². The number of nitrogens with one attached hydrogen (secondary N) is 2. The van der Waals surface area contributed by atoms with Crippen LogP contribution in [0.15, 0.2) is 84.2 Å². The number of anilines is 3. The zero-order valence-corrected chi connectivity index (χ0v) is 45.7. The van der Waals surface area contributed by atoms with Gasteiger partial charge >= 0.3 is 0 Å². The number of piperazine rings is 1. The molecule has 1 amide bonds. The molecule has 2 aliphatic heterocycles. The quantitative estimate of drug-likeness (QED) is 0.0745. The molecule has 2 saturated heterocycles. The van der Waals surface area contributed by atoms with Crippen LogP contribution in [0.25, 0.3) is 5.83 Å². The Morgan fingerprint density at radius 3 is 2.47 bits per heavy atom. The number of fused-ring (bicyclic) bond motifs is 1. The van der Waals surface area contributed by atoms with Crippen molar-refractivity contribution in [2.75, 3.05) is 68.7 Å². The highest BCUT2D eigenvalue weighted by Gasteiger charge is 2.50. The van der Waals surface area contributed by atoms with Gasteiger partial charge in [0.2, 0.25) is 0 Å². The van der Waals surface area contributed by atoms with E-state index in [1.807, 2.05) is 6.92 Å². The van der Waals surface area contributed by atoms with E-state index in [0.717, 1.165) is 89.7 Å². The van der Waals surface area contributed by atoms with Gasteiger partial charge in [0.1, 0.15) is 22.3 Å². The molecule has 1 spiro atoms. The highest BCUT2D eigenvalue weighted by atomic mass is 32.2. The lowest BCUT2D eigenvalue weighted by molar-refractivity contribution is -0.0628. The summed E-state index contributed by atoms with van der Waals surface area (Å²) >= 11 is 0. The predicted molar refractivity (Wildman–Crippen MR) is 294 cm³/mol. The van der Waals surface area contributed by atoms with Gasteiger partial charge in [-0.05, 0) is 137 Å². The second-order valence-corrected chi connectivity index (χ2v) is 24.9. The number of sulfonamides is 1. The fraction of sp³-hybridized carbons (Fsp3) is 0.517. The number of methoxy groups -OCH3 is 1. The maximum absolute atomic E-state index is 15.0. The minimum Gasteiger partial charge on any atom is -0.758 e. The molecular formula is C58H72FN10O7S-. The standard InChI is InChI=1S/C58H72FN10O7S/c1-37(2)44-8-6-7-9-45(44)51-36-66(34-39-32-62-69(35-39)40-10-11-40)24-25-68(51)42-29-58(30-42)20-22-67(23-21-58)41-12-13-46(52(26-41)76-53-28-47-48(59)14-15-49(47)63-56(53)75-5)55(70)64-77(73,74)43-27-50(65(4)72)54(61-33-43)60-31-38-16-18-57(3,71)19-17-38/h6-9,12-14,26-28,32-33,35,37-38,40,42,51,71H,10-11,15-25,29-31,34,36H2,1-5H3,(H,60,61)(H,64,70)/q-1. The normalized spacial score (nSPS) is 22.9. The van der Waals surface area contributed by atoms with Crippen LogP contribution in [0.5, 0.6) is 17.4 Å². The monoisotopic (exact) mass is 1070 g/mol. The Morgan fingerprint density at radius 1 is 0.974 bits per heavy atom. The van der Waals surface area contributed by atoms with E-state index in [4.69, 9.17) is 14.6 Å². The van der Waals surface area contributed by atoms with E-state index in [1.54, 1.807) is 12.1 Å². The molecule has 5 fully saturated rings. The molecule has 2 aromatic carbocycles. The molecule has 77 heavy (non-hydrogen) atoms. The number of nitrogens with zero attached hydrogens (tertiary/aromatic N) is 8. The molecule has 11 rings (SSSR count). The van der Waals surface area contributed by atoms with Crippen LogP contribution >= 0.6 is 0 Å². The van der Waals surface area contributed by atoms with Crippen LogP contribution < -0.4 is 29.5 Å². The third kappa shape index (κ3) is 11.3. The average molecular weight is 1070 g/mol. The van der Waals surface area contributed by atoms with Crippen molar-refractivity contribution in [2.45, 2.75) is 132 Å². The van der Waals surface area contributed by atoms with E-state index >= 15 is 4.39 Å². The van der Waals surface area contributed by atoms with Gasteiger partial charge in [-0.3, -0.25) is 19.3 Å². The SMILES string of the molecule is COc1nc2c(cc1Oc1cc(N3CCC4(CC3)CC(N3CCN(Cc5cnn(C6CC6)c5)CC3c3ccccc3C(C)C)C4)ccc1C(=O)NS(=O)(=O)c1cnc(NCC3CCC(C)(O)CC3)c(N(C)[O-])c1)C(F)=CC2. The van der Waals surface area contributed by atoms with Crippen LogP contribution in [0.1, 0.15) is 141 Å². The number of hydrogen-bond acceptors (Lipinski definition) is 15. The Balaban J connectivity index is 0.797. The molecule has 4 aliphatic carbocycles. The fourth-order valence-corrected chi connectivity index (χ4v) is 13.5. The minimum absolute atomic E-state index is 0.0199. The van der Waals surface area contributed by atoms with E-state index in [0.29, 0.717) is 48.1 Å². The number of halogens is 1. The van der Waals surface area contributed by atoms with Gasteiger partial charge in [0, 0.05) is 99.6 Å². The second-order valence-electron chi connectivity index (χ2n) is 23.2. The maximum Gasteiger partial charge on any atom is 0.268 e. The van der Waals surface area contributed by atoms with Gasteiger partial charge in [0.05, 0.1) is 41.9 Å². The largest absolute Gasteiger partial charge is 0.758 e. The van der Waals surface area contributed by atoms with Crippen LogP contribution in [-0.2, 0) is 23.0 Å². The summed E-state index contributed by atoms with van der Waals surface area (Å²) in [6.45, 7) is 12.3. The summed E-state index contributed by atoms with van der Waals surface area (Å²) in [5, 5.41) is 31.6. The van der Waals surface area contributed by atoms with Crippen molar-refractivity contribution in [3.8, 4) is 17.4 Å². The molecule has 0 bridgehead atoms. The summed E-state index contributed by atoms with van der Waals surface area (Å²) in [7, 11) is -1.92. The number of ether oxygens (including phenoxy) is 2. The summed E-state index contributed by atoms with van der Waals surface area (Å²) in [6, 6.07) is 18.0. The van der Waals surface area contributed by atoms with Crippen LogP contribution in [0.3, 0.4) is 0 Å². The lowest BCUT2D eigenvalue weighted by Crippen LogP contribution is -2.60. The number of aromatic nitrogens is 4. The van der Waals surface area contributed by atoms with Crippen LogP contribution in [-0.4, -0.2) is 114 Å². The van der Waals surface area contributed by atoms with Gasteiger partial charge in [-0.1, -0.05) is 38.1 Å². The van der Waals surface area contributed by atoms with Crippen molar-refractivity contribution in [3.05, 3.63) is 118 Å². The molecule has 0 radical (unpaired) electrons. The first-order valence-electron chi connectivity index (χ1n) is 27.5. The summed E-state index contributed by atoms with van der Waals surface area (Å²) in [4.78, 5) is 30.4. The molecule has 3 N–H and O–H groups in total. The Labute approximate surface area is 451 Å². The van der Waals surface area contributed by atoms with Gasteiger partial charge in [0.25, 0.3) is 21.8 Å². The number of hydroxylamine groups is 1. The number of piperidine rings is 1. The lowest BCUT2D eigenvalue weighted by atomic mass is 9.59. The van der Waals surface area contributed by atoms with Crippen molar-refractivity contribution in [3.63, 3.8) is 0 Å². The maximum atomic E-state index is 15.0. The number of amides is 1. The first kappa shape index (κ1) is 52.9. The minimum atomic E-state index is -4.59. The zero-order valence-electron chi connectivity index (χ0n) is 44.9. The molecular weight excluding hydrogens is 1000 g/mol. The Bertz CT molecular complexity index is 3130. The van der Waals surface area contributed by atoms with E-state index in [1.165, 1.54) is 68.0 Å². The van der Waals surface area contributed by atoms with Crippen molar-refractivity contribution >= 4 is 38.9 Å². The van der Waals surface area contributed by atoms with Crippen molar-refractivity contribution in [1.29, 1.82) is 0 Å². The average Bonchev–Trinajstić information content (AvgIpc) is 4.10. The number of benzene rings is 2. The highest BCUT2D eigenvalue weighted by molar-refractivity contribution is 7.90. The highest BCUT2D eigenvalue weighted by Crippen LogP contribution is 2.54. The first-order chi connectivity index (χ1) is 36.9. The van der Waals surface area contributed by atoms with Crippen molar-refractivity contribution in [2.24, 2.45) is 11.3 Å². The Morgan fingerprint density at radius 2 is 1.74 bits per heavy atom. The molecule has 410 valence electrons. The number of rotatable bonds is 17. The summed E-state index contributed by atoms with van der Waals surface area (Å²) in [5.41, 5.74) is 5.02. The second kappa shape index (κ2) is 21.3. The molecule has 1 atom stereocenters. The number of allylic oxidation sites excluding steroid dienone is 1. The van der Waals surface area contributed by atoms with Crippen LogP contribution in [0.2, 0.25) is 0 Å². The van der Waals surface area contributed by atoms with Gasteiger partial charge in [0.15, 0.2) is 5.75 Å². The van der Waals surface area contributed by atoms with Crippen LogP contribution in [0.4, 0.5) is 21.6 Å². The predicted octanol–water partition coefficient (Wildman–Crippen LogP) is 9.51. The van der Waals surface area contributed by atoms with Gasteiger partial charge in [-0.2, -0.15) is 5.10 Å². The number of aliphatic hydroxyl groups is 1. The molecule has 1 unspecified atom stereocenters. The zero-order chi connectivity index (χ0) is 53.8. The summed E-state index contributed by atoms with van der Waals surface area (Å²) in [5.74, 6) is -0.434. The van der Waals surface area contributed by atoms with Gasteiger partial charge in [-0.25, -0.2) is 27.5 Å². The first-order valence-corrected chi connectivity index (χ1v) is 29.0. The third-order valence-corrected chi connectivity index (χ3v) is 18.6. The number of pyridine rings is 2. The molecule has 3 aromatic heterocycles. The molecule has 19 heteroatoms.